The van der Waals surface area contributed by atoms with E-state index in [2.05, 4.69) is 63.8 Å². The highest BCUT2D eigenvalue weighted by molar-refractivity contribution is 7.15. The summed E-state index contributed by atoms with van der Waals surface area (Å²) >= 11 is 1.77. The summed E-state index contributed by atoms with van der Waals surface area (Å²) in [5, 5.41) is 19.0. The van der Waals surface area contributed by atoms with Crippen LogP contribution in [0.2, 0.25) is 0 Å². The van der Waals surface area contributed by atoms with Crippen LogP contribution in [0.15, 0.2) is 53.5 Å². The summed E-state index contributed by atoms with van der Waals surface area (Å²) in [6, 6.07) is 18.3. The largest absolute Gasteiger partial charge is 0.345 e. The number of hydrogen-bond acceptors (Lipinski definition) is 6. The van der Waals surface area contributed by atoms with Crippen LogP contribution in [-0.2, 0) is 6.54 Å². The van der Waals surface area contributed by atoms with Gasteiger partial charge in [0.15, 0.2) is 5.82 Å². The highest BCUT2D eigenvalue weighted by atomic mass is 32.1. The van der Waals surface area contributed by atoms with Gasteiger partial charge in [-0.2, -0.15) is 5.26 Å². The molecule has 7 heteroatoms. The van der Waals surface area contributed by atoms with Crippen LogP contribution >= 0.6 is 11.3 Å². The molecule has 0 saturated heterocycles. The van der Waals surface area contributed by atoms with Crippen LogP contribution in [0.5, 0.6) is 0 Å². The minimum absolute atomic E-state index is 0.499. The first-order valence-electron chi connectivity index (χ1n) is 10.4. The van der Waals surface area contributed by atoms with Gasteiger partial charge in [-0.15, -0.1) is 21.5 Å². The third kappa shape index (κ3) is 3.20. The van der Waals surface area contributed by atoms with Crippen LogP contribution in [0.25, 0.3) is 5.00 Å². The van der Waals surface area contributed by atoms with Gasteiger partial charge >= 0.3 is 0 Å². The second-order valence-electron chi connectivity index (χ2n) is 7.90. The predicted molar refractivity (Wildman–Crippen MR) is 128 cm³/mol. The Morgan fingerprint density at radius 3 is 2.56 bits per heavy atom. The summed E-state index contributed by atoms with van der Waals surface area (Å²) in [6.45, 7) is 6.80. The number of rotatable bonds is 3. The molecule has 0 bridgehead atoms. The average Bonchev–Trinajstić information content (AvgIpc) is 3.26. The van der Waals surface area contributed by atoms with E-state index >= 15 is 0 Å². The van der Waals surface area contributed by atoms with E-state index in [-0.39, 0.29) is 0 Å². The van der Waals surface area contributed by atoms with Crippen molar-refractivity contribution >= 4 is 28.4 Å². The zero-order chi connectivity index (χ0) is 22.4. The Labute approximate surface area is 191 Å². The van der Waals surface area contributed by atoms with Crippen LogP contribution in [-0.4, -0.2) is 27.5 Å². The van der Waals surface area contributed by atoms with Crippen molar-refractivity contribution in [2.75, 3.05) is 11.9 Å². The maximum absolute atomic E-state index is 9.20. The molecule has 0 saturated carbocycles. The second-order valence-corrected chi connectivity index (χ2v) is 9.10. The van der Waals surface area contributed by atoms with Gasteiger partial charge in [0.25, 0.3) is 0 Å². The molecule has 3 heterocycles. The summed E-state index contributed by atoms with van der Waals surface area (Å²) < 4.78 is 2.14. The minimum Gasteiger partial charge on any atom is -0.345 e. The summed E-state index contributed by atoms with van der Waals surface area (Å²) in [5.74, 6) is 1.75. The molecule has 158 valence electrons. The number of nitriles is 1. The Morgan fingerprint density at radius 1 is 1.03 bits per heavy atom. The number of hydrogen-bond donors (Lipinski definition) is 0. The lowest BCUT2D eigenvalue weighted by Gasteiger charge is -2.20. The lowest BCUT2D eigenvalue weighted by atomic mass is 9.99. The maximum atomic E-state index is 9.20. The molecule has 32 heavy (non-hydrogen) atoms. The Hall–Kier alpha value is -3.76. The van der Waals surface area contributed by atoms with Gasteiger partial charge in [-0.3, -0.25) is 9.56 Å². The van der Waals surface area contributed by atoms with E-state index in [1.807, 2.05) is 38.2 Å². The van der Waals surface area contributed by atoms with Crippen LogP contribution in [0.4, 0.5) is 11.4 Å². The van der Waals surface area contributed by atoms with Crippen LogP contribution < -0.4 is 4.90 Å². The van der Waals surface area contributed by atoms with Gasteiger partial charge in [-0.1, -0.05) is 18.2 Å². The van der Waals surface area contributed by atoms with E-state index in [4.69, 9.17) is 4.99 Å². The normalized spacial score (nSPS) is 12.4. The second kappa shape index (κ2) is 7.74. The monoisotopic (exact) mass is 438 g/mol. The lowest BCUT2D eigenvalue weighted by molar-refractivity contribution is 0.869. The van der Waals surface area contributed by atoms with Crippen LogP contribution in [0.1, 0.15) is 38.8 Å². The lowest BCUT2D eigenvalue weighted by Crippen LogP contribution is -2.11. The fraction of sp³-hybridized carbons (Fsp3) is 0.200. The maximum Gasteiger partial charge on any atom is 0.160 e. The quantitative estimate of drug-likeness (QED) is 0.438. The predicted octanol–water partition coefficient (Wildman–Crippen LogP) is 5.24. The van der Waals surface area contributed by atoms with Crippen molar-refractivity contribution in [2.24, 2.45) is 4.99 Å². The number of aromatic nitrogens is 3. The fourth-order valence-corrected chi connectivity index (χ4v) is 5.28. The molecule has 0 unspecified atom stereocenters. The van der Waals surface area contributed by atoms with Crippen molar-refractivity contribution in [1.29, 1.82) is 5.26 Å². The van der Waals surface area contributed by atoms with Gasteiger partial charge in [0.05, 0.1) is 17.3 Å². The topological polar surface area (TPSA) is 70.1 Å². The summed E-state index contributed by atoms with van der Waals surface area (Å²) in [7, 11) is 2.01. The van der Waals surface area contributed by atoms with E-state index in [0.717, 1.165) is 44.9 Å². The van der Waals surface area contributed by atoms with Crippen LogP contribution in [0.3, 0.4) is 0 Å². The third-order valence-electron chi connectivity index (χ3n) is 5.97. The third-order valence-corrected chi connectivity index (χ3v) is 7.16. The number of aryl methyl sites for hydroxylation is 2. The molecule has 6 nitrogen and oxygen atoms in total. The van der Waals surface area contributed by atoms with E-state index in [9.17, 15) is 5.26 Å². The van der Waals surface area contributed by atoms with Gasteiger partial charge in [-0.05, 0) is 56.7 Å². The van der Waals surface area contributed by atoms with E-state index < -0.39 is 0 Å². The van der Waals surface area contributed by atoms with Crippen molar-refractivity contribution < 1.29 is 0 Å². The van der Waals surface area contributed by atoms with Crippen molar-refractivity contribution in [2.45, 2.75) is 27.3 Å². The molecule has 2 aromatic carbocycles. The van der Waals surface area contributed by atoms with Crippen LogP contribution in [0, 0.1) is 32.1 Å². The number of nitrogens with zero attached hydrogens (tertiary/aromatic N) is 6. The van der Waals surface area contributed by atoms with E-state index in [1.165, 1.54) is 10.4 Å². The molecule has 1 aliphatic rings. The SMILES string of the molecule is Cc1sc2c(c1C)C(c1ccc(N(C)c3cccc(C#N)c3)cc1)=NCc1nnc(C)n1-2. The Morgan fingerprint density at radius 2 is 1.81 bits per heavy atom. The number of thiophene rings is 1. The zero-order valence-electron chi connectivity index (χ0n) is 18.4. The standard InChI is InChI=1S/C25H22N6S/c1-15-16(2)32-25-23(15)24(27-14-22-29-28-17(3)31(22)25)19-8-10-20(11-9-19)30(4)21-7-5-6-18(12-21)13-26/h5-12H,14H2,1-4H3. The van der Waals surface area contributed by atoms with Gasteiger partial charge in [0.2, 0.25) is 0 Å². The first-order chi connectivity index (χ1) is 15.5. The molecule has 0 amide bonds. The molecule has 0 spiro atoms. The average molecular weight is 439 g/mol. The number of aliphatic imine (C=N–C) groups is 1. The minimum atomic E-state index is 0.499. The summed E-state index contributed by atoms with van der Waals surface area (Å²) in [6.07, 6.45) is 0. The summed E-state index contributed by atoms with van der Waals surface area (Å²) in [4.78, 5) is 8.32. The molecule has 0 atom stereocenters. The molecule has 0 fully saturated rings. The highest BCUT2D eigenvalue weighted by Crippen LogP contribution is 2.36. The Balaban J connectivity index is 1.55. The Bertz CT molecular complexity index is 1400. The summed E-state index contributed by atoms with van der Waals surface area (Å²) in [5.41, 5.74) is 7.15. The van der Waals surface area contributed by atoms with Gasteiger partial charge in [0, 0.05) is 34.4 Å². The molecule has 2 aromatic heterocycles. The van der Waals surface area contributed by atoms with Crippen molar-refractivity contribution in [3.8, 4) is 11.1 Å². The van der Waals surface area contributed by atoms with E-state index in [1.54, 1.807) is 11.3 Å². The molecular weight excluding hydrogens is 416 g/mol. The smallest absolute Gasteiger partial charge is 0.160 e. The highest BCUT2D eigenvalue weighted by Gasteiger charge is 2.26. The van der Waals surface area contributed by atoms with Gasteiger partial charge in [-0.25, -0.2) is 0 Å². The number of anilines is 2. The van der Waals surface area contributed by atoms with Gasteiger partial charge in [0.1, 0.15) is 17.4 Å². The first kappa shape index (κ1) is 20.2. The zero-order valence-corrected chi connectivity index (χ0v) is 19.2. The number of benzene rings is 2. The molecule has 0 N–H and O–H groups in total. The molecule has 1 aliphatic heterocycles. The fourth-order valence-electron chi connectivity index (χ4n) is 4.06. The molecule has 5 rings (SSSR count). The molecular formula is C25H22N6S. The molecule has 4 aromatic rings. The Kier molecular flexibility index (Phi) is 4.87. The van der Waals surface area contributed by atoms with Crippen molar-refractivity contribution in [3.63, 3.8) is 0 Å². The van der Waals surface area contributed by atoms with E-state index in [0.29, 0.717) is 12.1 Å². The first-order valence-corrected chi connectivity index (χ1v) is 11.2. The van der Waals surface area contributed by atoms with Gasteiger partial charge < -0.3 is 4.90 Å². The molecule has 0 aliphatic carbocycles. The molecule has 0 radical (unpaired) electrons. The number of fused-ring (bicyclic) bond motifs is 3. The van der Waals surface area contributed by atoms with Crippen molar-refractivity contribution in [3.05, 3.63) is 87.3 Å². The van der Waals surface area contributed by atoms with Crippen molar-refractivity contribution in [1.82, 2.24) is 14.8 Å².